The van der Waals surface area contributed by atoms with Crippen LogP contribution in [0.5, 0.6) is 5.75 Å². The Hall–Kier alpha value is -2.01. The molecule has 5 nitrogen and oxygen atoms in total. The first-order valence-corrected chi connectivity index (χ1v) is 10.0. The normalized spacial score (nSPS) is 11.2. The van der Waals surface area contributed by atoms with Crippen molar-refractivity contribution in [2.24, 2.45) is 0 Å². The summed E-state index contributed by atoms with van der Waals surface area (Å²) in [6.45, 7) is 6.28. The minimum absolute atomic E-state index is 0.139. The van der Waals surface area contributed by atoms with E-state index in [1.807, 2.05) is 0 Å². The van der Waals surface area contributed by atoms with E-state index < -0.39 is 5.97 Å². The molecule has 0 atom stereocenters. The summed E-state index contributed by atoms with van der Waals surface area (Å²) in [5, 5.41) is 9.97. The number of hydrogen-bond donors (Lipinski definition) is 1. The Morgan fingerprint density at radius 1 is 1.11 bits per heavy atom. The Kier molecular flexibility index (Phi) is 8.65. The predicted octanol–water partition coefficient (Wildman–Crippen LogP) is 4.96. The first-order chi connectivity index (χ1) is 13.1. The first kappa shape index (κ1) is 21.3. The van der Waals surface area contributed by atoms with Gasteiger partial charge in [0.25, 0.3) is 0 Å². The molecule has 0 aliphatic carbocycles. The van der Waals surface area contributed by atoms with E-state index in [1.165, 1.54) is 36.0 Å². The monoisotopic (exact) mass is 375 g/mol. The van der Waals surface area contributed by atoms with Crippen LogP contribution in [0.2, 0.25) is 0 Å². The lowest BCUT2D eigenvalue weighted by Gasteiger charge is -2.14. The molecule has 0 saturated carbocycles. The Balaban J connectivity index is 2.23. The van der Waals surface area contributed by atoms with Gasteiger partial charge in [0, 0.05) is 36.7 Å². The smallest absolute Gasteiger partial charge is 0.303 e. The van der Waals surface area contributed by atoms with Crippen molar-refractivity contribution in [2.45, 2.75) is 65.3 Å². The maximum atomic E-state index is 10.7. The summed E-state index contributed by atoms with van der Waals surface area (Å²) < 4.78 is 13.5. The van der Waals surface area contributed by atoms with Crippen LogP contribution in [0.4, 0.5) is 0 Å². The van der Waals surface area contributed by atoms with Gasteiger partial charge in [0.05, 0.1) is 13.2 Å². The minimum Gasteiger partial charge on any atom is -0.493 e. The zero-order chi connectivity index (χ0) is 19.6. The lowest BCUT2D eigenvalue weighted by Crippen LogP contribution is -2.06. The number of aliphatic carboxylic acids is 1. The third-order valence-corrected chi connectivity index (χ3v) is 4.90. The molecule has 1 N–H and O–H groups in total. The highest BCUT2D eigenvalue weighted by atomic mass is 16.5. The average molecular weight is 376 g/mol. The molecule has 2 rings (SSSR count). The fourth-order valence-electron chi connectivity index (χ4n) is 3.43. The fraction of sp³-hybridized carbons (Fsp3) is 0.591. The summed E-state index contributed by atoms with van der Waals surface area (Å²) in [6.07, 6.45) is 6.48. The molecule has 1 aromatic carbocycles. The van der Waals surface area contributed by atoms with Gasteiger partial charge in [0.15, 0.2) is 0 Å². The van der Waals surface area contributed by atoms with E-state index in [0.717, 1.165) is 30.5 Å². The van der Waals surface area contributed by atoms with Crippen molar-refractivity contribution in [3.8, 4) is 5.75 Å². The number of aryl methyl sites for hydroxylation is 2. The average Bonchev–Trinajstić information content (AvgIpc) is 2.94. The van der Waals surface area contributed by atoms with Crippen LogP contribution in [-0.4, -0.2) is 36.0 Å². The molecule has 5 heteroatoms. The summed E-state index contributed by atoms with van der Waals surface area (Å²) in [5.74, 6) is 0.118. The highest BCUT2D eigenvalue weighted by Crippen LogP contribution is 2.30. The standard InChI is InChI=1S/C22H33NO4/c1-4-5-6-7-9-18-15-20-19(14-17(2)23(20)11-13-26-3)16-21(18)27-12-8-10-22(24)25/h14-16H,4-13H2,1-3H3,(H,24,25). The summed E-state index contributed by atoms with van der Waals surface area (Å²) in [6, 6.07) is 6.54. The molecule has 0 aliphatic rings. The third kappa shape index (κ3) is 6.28. The van der Waals surface area contributed by atoms with Crippen LogP contribution in [0.15, 0.2) is 18.2 Å². The Morgan fingerprint density at radius 2 is 1.93 bits per heavy atom. The van der Waals surface area contributed by atoms with Gasteiger partial charge >= 0.3 is 5.97 Å². The molecule has 150 valence electrons. The number of nitrogens with zero attached hydrogens (tertiary/aromatic N) is 1. The van der Waals surface area contributed by atoms with E-state index in [9.17, 15) is 4.79 Å². The van der Waals surface area contributed by atoms with Crippen LogP contribution in [0.25, 0.3) is 10.9 Å². The number of carbonyl (C=O) groups is 1. The van der Waals surface area contributed by atoms with E-state index in [-0.39, 0.29) is 6.42 Å². The van der Waals surface area contributed by atoms with Crippen molar-refractivity contribution in [3.63, 3.8) is 0 Å². The molecule has 0 amide bonds. The van der Waals surface area contributed by atoms with Crippen molar-refractivity contribution in [1.82, 2.24) is 4.57 Å². The van der Waals surface area contributed by atoms with Crippen molar-refractivity contribution in [3.05, 3.63) is 29.5 Å². The number of unbranched alkanes of at least 4 members (excludes halogenated alkanes) is 3. The third-order valence-electron chi connectivity index (χ3n) is 4.90. The summed E-state index contributed by atoms with van der Waals surface area (Å²) >= 11 is 0. The van der Waals surface area contributed by atoms with Crippen molar-refractivity contribution in [2.75, 3.05) is 20.3 Å². The maximum absolute atomic E-state index is 10.7. The van der Waals surface area contributed by atoms with E-state index >= 15 is 0 Å². The summed E-state index contributed by atoms with van der Waals surface area (Å²) in [5.41, 5.74) is 3.64. The fourth-order valence-corrected chi connectivity index (χ4v) is 3.43. The molecular formula is C22H33NO4. The minimum atomic E-state index is -0.778. The Morgan fingerprint density at radius 3 is 2.63 bits per heavy atom. The van der Waals surface area contributed by atoms with Crippen LogP contribution in [0.3, 0.4) is 0 Å². The van der Waals surface area contributed by atoms with Crippen molar-refractivity contribution < 1.29 is 19.4 Å². The molecule has 0 bridgehead atoms. The quantitative estimate of drug-likeness (QED) is 0.503. The van der Waals surface area contributed by atoms with Gasteiger partial charge in [-0.15, -0.1) is 0 Å². The molecule has 0 fully saturated rings. The van der Waals surface area contributed by atoms with E-state index in [1.54, 1.807) is 7.11 Å². The maximum Gasteiger partial charge on any atom is 0.303 e. The van der Waals surface area contributed by atoms with Gasteiger partial charge in [0.1, 0.15) is 5.75 Å². The molecule has 0 spiro atoms. The lowest BCUT2D eigenvalue weighted by atomic mass is 10.0. The number of carboxylic acid groups (broad SMARTS) is 1. The van der Waals surface area contributed by atoms with Gasteiger partial charge in [-0.25, -0.2) is 0 Å². The Labute approximate surface area is 162 Å². The number of methoxy groups -OCH3 is 1. The van der Waals surface area contributed by atoms with Gasteiger partial charge in [-0.2, -0.15) is 0 Å². The van der Waals surface area contributed by atoms with Crippen LogP contribution >= 0.6 is 0 Å². The highest BCUT2D eigenvalue weighted by Gasteiger charge is 2.12. The summed E-state index contributed by atoms with van der Waals surface area (Å²) in [4.78, 5) is 10.7. The molecule has 0 aliphatic heterocycles. The molecule has 27 heavy (non-hydrogen) atoms. The van der Waals surface area contributed by atoms with E-state index in [0.29, 0.717) is 19.6 Å². The van der Waals surface area contributed by atoms with Gasteiger partial charge in [-0.3, -0.25) is 4.79 Å². The number of rotatable bonds is 13. The van der Waals surface area contributed by atoms with Gasteiger partial charge in [-0.1, -0.05) is 26.2 Å². The second kappa shape index (κ2) is 11.0. The molecule has 0 saturated heterocycles. The van der Waals surface area contributed by atoms with Crippen LogP contribution in [0, 0.1) is 6.92 Å². The zero-order valence-electron chi connectivity index (χ0n) is 16.9. The van der Waals surface area contributed by atoms with Crippen molar-refractivity contribution >= 4 is 16.9 Å². The number of benzene rings is 1. The molecule has 1 aromatic heterocycles. The lowest BCUT2D eigenvalue weighted by molar-refractivity contribution is -0.137. The molecule has 0 radical (unpaired) electrons. The topological polar surface area (TPSA) is 60.7 Å². The first-order valence-electron chi connectivity index (χ1n) is 10.0. The molecular weight excluding hydrogens is 342 g/mol. The largest absolute Gasteiger partial charge is 0.493 e. The number of aromatic nitrogens is 1. The van der Waals surface area contributed by atoms with Gasteiger partial charge in [-0.05, 0) is 49.9 Å². The second-order valence-corrected chi connectivity index (χ2v) is 7.11. The van der Waals surface area contributed by atoms with Gasteiger partial charge in [0.2, 0.25) is 0 Å². The van der Waals surface area contributed by atoms with Crippen molar-refractivity contribution in [1.29, 1.82) is 0 Å². The van der Waals surface area contributed by atoms with E-state index in [4.69, 9.17) is 14.6 Å². The number of fused-ring (bicyclic) bond motifs is 1. The summed E-state index contributed by atoms with van der Waals surface area (Å²) in [7, 11) is 1.73. The molecule has 1 heterocycles. The molecule has 0 unspecified atom stereocenters. The Bertz CT molecular complexity index is 735. The highest BCUT2D eigenvalue weighted by molar-refractivity contribution is 5.84. The predicted molar refractivity (Wildman–Crippen MR) is 109 cm³/mol. The number of ether oxygens (including phenoxy) is 2. The SMILES string of the molecule is CCCCCCc1cc2c(cc1OCCCC(=O)O)cc(C)n2CCOC. The van der Waals surface area contributed by atoms with E-state index in [2.05, 4.69) is 36.6 Å². The zero-order valence-corrected chi connectivity index (χ0v) is 16.9. The van der Waals surface area contributed by atoms with Crippen LogP contribution < -0.4 is 4.74 Å². The van der Waals surface area contributed by atoms with Crippen LogP contribution in [0.1, 0.15) is 56.7 Å². The van der Waals surface area contributed by atoms with Crippen LogP contribution in [-0.2, 0) is 22.5 Å². The van der Waals surface area contributed by atoms with Gasteiger partial charge < -0.3 is 19.1 Å². The number of hydrogen-bond acceptors (Lipinski definition) is 3. The number of carboxylic acids is 1. The molecule has 2 aromatic rings. The second-order valence-electron chi connectivity index (χ2n) is 7.11.